The molecule has 0 unspecified atom stereocenters. The van der Waals surface area contributed by atoms with Gasteiger partial charge in [0.05, 0.1) is 9.26 Å². The third-order valence-corrected chi connectivity index (χ3v) is 3.48. The monoisotopic (exact) mass is 357 g/mol. The zero-order valence-corrected chi connectivity index (χ0v) is 11.9. The standard InChI is InChI=1S/C14H13FINO/c15-12-7-4-8-13(14(12)16)17-9-10-18-11-5-2-1-3-6-11/h1-8,17H,9-10H2. The normalized spacial score (nSPS) is 10.1. The van der Waals surface area contributed by atoms with Crippen LogP contribution in [0.5, 0.6) is 5.75 Å². The van der Waals surface area contributed by atoms with E-state index in [1.165, 1.54) is 6.07 Å². The molecule has 94 valence electrons. The Morgan fingerprint density at radius 2 is 1.83 bits per heavy atom. The summed E-state index contributed by atoms with van der Waals surface area (Å²) in [6.45, 7) is 1.17. The van der Waals surface area contributed by atoms with Crippen molar-refractivity contribution in [3.63, 3.8) is 0 Å². The lowest BCUT2D eigenvalue weighted by atomic mass is 10.3. The molecule has 0 aliphatic rings. The SMILES string of the molecule is Fc1cccc(NCCOc2ccccc2)c1I. The Kier molecular flexibility index (Phi) is 4.81. The molecule has 1 N–H and O–H groups in total. The topological polar surface area (TPSA) is 21.3 Å². The number of para-hydroxylation sites is 1. The van der Waals surface area contributed by atoms with Crippen LogP contribution in [0.15, 0.2) is 48.5 Å². The highest BCUT2D eigenvalue weighted by molar-refractivity contribution is 14.1. The minimum absolute atomic E-state index is 0.204. The average molecular weight is 357 g/mol. The molecule has 0 spiro atoms. The predicted octanol–water partition coefficient (Wildman–Crippen LogP) is 3.92. The summed E-state index contributed by atoms with van der Waals surface area (Å²) in [6.07, 6.45) is 0. The van der Waals surface area contributed by atoms with Gasteiger partial charge in [0, 0.05) is 6.54 Å². The van der Waals surface area contributed by atoms with E-state index in [1.54, 1.807) is 6.07 Å². The Balaban J connectivity index is 1.81. The second-order valence-corrected chi connectivity index (χ2v) is 4.77. The lowest BCUT2D eigenvalue weighted by molar-refractivity contribution is 0.333. The third kappa shape index (κ3) is 3.60. The fourth-order valence-corrected chi connectivity index (χ4v) is 2.06. The molecule has 2 nitrogen and oxygen atoms in total. The molecule has 0 aromatic heterocycles. The van der Waals surface area contributed by atoms with Gasteiger partial charge >= 0.3 is 0 Å². The molecule has 0 fully saturated rings. The van der Waals surface area contributed by atoms with Crippen LogP contribution < -0.4 is 10.1 Å². The van der Waals surface area contributed by atoms with Gasteiger partial charge in [0.15, 0.2) is 0 Å². The van der Waals surface area contributed by atoms with Gasteiger partial charge in [-0.25, -0.2) is 4.39 Å². The summed E-state index contributed by atoms with van der Waals surface area (Å²) in [5, 5.41) is 3.15. The number of anilines is 1. The largest absolute Gasteiger partial charge is 0.492 e. The fraction of sp³-hybridized carbons (Fsp3) is 0.143. The van der Waals surface area contributed by atoms with Crippen LogP contribution in [0.25, 0.3) is 0 Å². The van der Waals surface area contributed by atoms with Crippen LogP contribution in [0.4, 0.5) is 10.1 Å². The highest BCUT2D eigenvalue weighted by Crippen LogP contribution is 2.20. The van der Waals surface area contributed by atoms with Crippen LogP contribution in [0, 0.1) is 9.39 Å². The molecule has 2 aromatic rings. The molecule has 0 aliphatic carbocycles. The summed E-state index contributed by atoms with van der Waals surface area (Å²) in [5.74, 6) is 0.637. The second kappa shape index (κ2) is 6.58. The van der Waals surface area contributed by atoms with Crippen molar-refractivity contribution in [3.05, 3.63) is 57.9 Å². The molecule has 4 heteroatoms. The summed E-state index contributed by atoms with van der Waals surface area (Å²) in [7, 11) is 0. The van der Waals surface area contributed by atoms with Gasteiger partial charge in [-0.2, -0.15) is 0 Å². The Morgan fingerprint density at radius 3 is 2.61 bits per heavy atom. The van der Waals surface area contributed by atoms with E-state index in [4.69, 9.17) is 4.74 Å². The van der Waals surface area contributed by atoms with Crippen molar-refractivity contribution in [3.8, 4) is 5.75 Å². The maximum atomic E-state index is 13.3. The van der Waals surface area contributed by atoms with Crippen molar-refractivity contribution in [2.75, 3.05) is 18.5 Å². The summed E-state index contributed by atoms with van der Waals surface area (Å²) in [5.41, 5.74) is 0.798. The van der Waals surface area contributed by atoms with Crippen LogP contribution in [-0.4, -0.2) is 13.2 Å². The average Bonchev–Trinajstić information content (AvgIpc) is 2.40. The number of nitrogens with one attached hydrogen (secondary N) is 1. The molecule has 2 rings (SSSR count). The number of benzene rings is 2. The highest BCUT2D eigenvalue weighted by Gasteiger charge is 2.03. The van der Waals surface area contributed by atoms with Crippen molar-refractivity contribution in [2.45, 2.75) is 0 Å². The lowest BCUT2D eigenvalue weighted by Crippen LogP contribution is -2.12. The molecule has 18 heavy (non-hydrogen) atoms. The Hall–Kier alpha value is -1.30. The Morgan fingerprint density at radius 1 is 1.06 bits per heavy atom. The van der Waals surface area contributed by atoms with Crippen molar-refractivity contribution in [1.82, 2.24) is 0 Å². The molecule has 0 aliphatic heterocycles. The first kappa shape index (κ1) is 13.1. The Labute approximate surface area is 119 Å². The minimum atomic E-state index is -0.204. The van der Waals surface area contributed by atoms with E-state index in [1.807, 2.05) is 59.0 Å². The molecule has 0 atom stereocenters. The zero-order chi connectivity index (χ0) is 12.8. The first-order valence-corrected chi connectivity index (χ1v) is 6.71. The first-order chi connectivity index (χ1) is 8.77. The smallest absolute Gasteiger partial charge is 0.138 e. The van der Waals surface area contributed by atoms with Crippen molar-refractivity contribution in [1.29, 1.82) is 0 Å². The van der Waals surface area contributed by atoms with Gasteiger partial charge in [0.2, 0.25) is 0 Å². The molecule has 0 bridgehead atoms. The summed E-state index contributed by atoms with van der Waals surface area (Å²) >= 11 is 1.99. The number of rotatable bonds is 5. The van der Waals surface area contributed by atoms with E-state index in [0.29, 0.717) is 16.7 Å². The molecule has 0 saturated carbocycles. The molecular formula is C14H13FINO. The predicted molar refractivity (Wildman–Crippen MR) is 79.5 cm³/mol. The van der Waals surface area contributed by atoms with Crippen LogP contribution >= 0.6 is 22.6 Å². The lowest BCUT2D eigenvalue weighted by Gasteiger charge is -2.10. The molecule has 0 saturated heterocycles. The maximum Gasteiger partial charge on any atom is 0.138 e. The van der Waals surface area contributed by atoms with Crippen LogP contribution in [-0.2, 0) is 0 Å². The van der Waals surface area contributed by atoms with Gasteiger partial charge in [-0.3, -0.25) is 0 Å². The summed E-state index contributed by atoms with van der Waals surface area (Å²) in [6, 6.07) is 14.6. The van der Waals surface area contributed by atoms with E-state index < -0.39 is 0 Å². The van der Waals surface area contributed by atoms with Gasteiger partial charge < -0.3 is 10.1 Å². The van der Waals surface area contributed by atoms with Gasteiger partial charge in [-0.1, -0.05) is 24.3 Å². The third-order valence-electron chi connectivity index (χ3n) is 2.38. The summed E-state index contributed by atoms with van der Waals surface area (Å²) < 4.78 is 19.4. The highest BCUT2D eigenvalue weighted by atomic mass is 127. The number of ether oxygens (including phenoxy) is 1. The fourth-order valence-electron chi connectivity index (χ4n) is 1.51. The van der Waals surface area contributed by atoms with Crippen molar-refractivity contribution < 1.29 is 9.13 Å². The van der Waals surface area contributed by atoms with Crippen LogP contribution in [0.1, 0.15) is 0 Å². The van der Waals surface area contributed by atoms with Crippen LogP contribution in [0.3, 0.4) is 0 Å². The Bertz CT molecular complexity index is 504. The van der Waals surface area contributed by atoms with E-state index in [9.17, 15) is 4.39 Å². The van der Waals surface area contributed by atoms with Crippen molar-refractivity contribution in [2.24, 2.45) is 0 Å². The molecule has 0 amide bonds. The van der Waals surface area contributed by atoms with Crippen molar-refractivity contribution >= 4 is 28.3 Å². The minimum Gasteiger partial charge on any atom is -0.492 e. The van der Waals surface area contributed by atoms with Gasteiger partial charge in [0.25, 0.3) is 0 Å². The quantitative estimate of drug-likeness (QED) is 0.647. The van der Waals surface area contributed by atoms with E-state index in [2.05, 4.69) is 5.32 Å². The molecule has 2 aromatic carbocycles. The van der Waals surface area contributed by atoms with Gasteiger partial charge in [0.1, 0.15) is 18.2 Å². The molecule has 0 radical (unpaired) electrons. The molecular weight excluding hydrogens is 344 g/mol. The second-order valence-electron chi connectivity index (χ2n) is 3.69. The van der Waals surface area contributed by atoms with E-state index >= 15 is 0 Å². The van der Waals surface area contributed by atoms with E-state index in [0.717, 1.165) is 11.4 Å². The molecule has 0 heterocycles. The first-order valence-electron chi connectivity index (χ1n) is 5.63. The summed E-state index contributed by atoms with van der Waals surface area (Å²) in [4.78, 5) is 0. The number of hydrogen-bond acceptors (Lipinski definition) is 2. The number of hydrogen-bond donors (Lipinski definition) is 1. The maximum absolute atomic E-state index is 13.3. The van der Waals surface area contributed by atoms with Crippen LogP contribution in [0.2, 0.25) is 0 Å². The number of halogens is 2. The van der Waals surface area contributed by atoms with Gasteiger partial charge in [-0.05, 0) is 46.9 Å². The zero-order valence-electron chi connectivity index (χ0n) is 9.70. The van der Waals surface area contributed by atoms with E-state index in [-0.39, 0.29) is 5.82 Å². The van der Waals surface area contributed by atoms with Gasteiger partial charge in [-0.15, -0.1) is 0 Å².